The Balaban J connectivity index is 2.05. The molecule has 0 fully saturated rings. The van der Waals surface area contributed by atoms with E-state index in [2.05, 4.69) is 48.6 Å². The zero-order valence-corrected chi connectivity index (χ0v) is 20.1. The Kier molecular flexibility index (Phi) is 10.6. The van der Waals surface area contributed by atoms with Crippen LogP contribution in [-0.2, 0) is 21.8 Å². The summed E-state index contributed by atoms with van der Waals surface area (Å²) in [6.07, 6.45) is 2.21. The van der Waals surface area contributed by atoms with E-state index in [9.17, 15) is 9.59 Å². The molecule has 0 bridgehead atoms. The molecule has 0 radical (unpaired) electrons. The first-order valence-electron chi connectivity index (χ1n) is 11.2. The fraction of sp³-hybridized carbons (Fsp3) is 0.462. The van der Waals surface area contributed by atoms with Crippen LogP contribution in [-0.4, -0.2) is 41.1 Å². The molecule has 0 unspecified atom stereocenters. The Morgan fingerprint density at radius 2 is 1.65 bits per heavy atom. The minimum atomic E-state index is -0.440. The summed E-state index contributed by atoms with van der Waals surface area (Å²) in [7, 11) is 0. The number of benzene rings is 2. The molecule has 0 saturated heterocycles. The van der Waals surface area contributed by atoms with E-state index in [1.165, 1.54) is 16.7 Å². The minimum Gasteiger partial charge on any atom is -0.352 e. The highest BCUT2D eigenvalue weighted by molar-refractivity contribution is 7.99. The van der Waals surface area contributed by atoms with Gasteiger partial charge in [0.25, 0.3) is 0 Å². The van der Waals surface area contributed by atoms with E-state index in [4.69, 9.17) is 0 Å². The smallest absolute Gasteiger partial charge is 0.243 e. The average Bonchev–Trinajstić information content (AvgIpc) is 2.78. The first-order valence-corrected chi connectivity index (χ1v) is 12.4. The molecule has 0 saturated carbocycles. The fourth-order valence-electron chi connectivity index (χ4n) is 3.36. The van der Waals surface area contributed by atoms with Crippen molar-refractivity contribution in [3.8, 4) is 0 Å². The van der Waals surface area contributed by atoms with E-state index < -0.39 is 6.04 Å². The molecule has 0 aromatic heterocycles. The molecule has 0 spiro atoms. The van der Waals surface area contributed by atoms with Crippen LogP contribution in [0, 0.1) is 6.92 Å². The molecule has 168 valence electrons. The topological polar surface area (TPSA) is 49.4 Å². The average molecular weight is 441 g/mol. The highest BCUT2D eigenvalue weighted by Gasteiger charge is 2.28. The van der Waals surface area contributed by atoms with Crippen molar-refractivity contribution in [2.24, 2.45) is 0 Å². The van der Waals surface area contributed by atoms with Crippen LogP contribution in [0.1, 0.15) is 50.3 Å². The fourth-order valence-corrected chi connectivity index (χ4v) is 4.23. The summed E-state index contributed by atoms with van der Waals surface area (Å²) in [4.78, 5) is 27.9. The summed E-state index contributed by atoms with van der Waals surface area (Å²) >= 11 is 1.61. The highest BCUT2D eigenvalue weighted by Crippen LogP contribution is 2.16. The second-order valence-electron chi connectivity index (χ2n) is 8.04. The zero-order valence-electron chi connectivity index (χ0n) is 19.3. The van der Waals surface area contributed by atoms with Crippen molar-refractivity contribution < 1.29 is 9.59 Å². The number of nitrogens with zero attached hydrogens (tertiary/aromatic N) is 1. The molecule has 2 atom stereocenters. The largest absolute Gasteiger partial charge is 0.352 e. The maximum Gasteiger partial charge on any atom is 0.243 e. The van der Waals surface area contributed by atoms with Gasteiger partial charge in [0.2, 0.25) is 11.8 Å². The molecule has 5 heteroatoms. The van der Waals surface area contributed by atoms with E-state index >= 15 is 0 Å². The van der Waals surface area contributed by atoms with Crippen LogP contribution in [0.5, 0.6) is 0 Å². The predicted octanol–water partition coefficient (Wildman–Crippen LogP) is 4.99. The maximum absolute atomic E-state index is 13.2. The molecule has 0 aliphatic heterocycles. The monoisotopic (exact) mass is 440 g/mol. The molecule has 4 nitrogen and oxygen atoms in total. The van der Waals surface area contributed by atoms with Crippen LogP contribution in [0.15, 0.2) is 54.6 Å². The molecule has 2 aromatic rings. The van der Waals surface area contributed by atoms with Crippen molar-refractivity contribution in [1.29, 1.82) is 0 Å². The Hall–Kier alpha value is -2.27. The number of carbonyl (C=O) groups excluding carboxylic acids is 2. The number of carbonyl (C=O) groups is 2. The summed E-state index contributed by atoms with van der Waals surface area (Å²) in [5.41, 5.74) is 3.61. The molecule has 1 N–H and O–H groups in total. The van der Waals surface area contributed by atoms with E-state index in [1.807, 2.05) is 39.0 Å². The van der Waals surface area contributed by atoms with Crippen LogP contribution in [0.3, 0.4) is 0 Å². The van der Waals surface area contributed by atoms with Crippen molar-refractivity contribution in [3.05, 3.63) is 71.3 Å². The van der Waals surface area contributed by atoms with E-state index in [1.54, 1.807) is 16.7 Å². The van der Waals surface area contributed by atoms with Crippen molar-refractivity contribution in [2.75, 3.05) is 12.3 Å². The van der Waals surface area contributed by atoms with Crippen molar-refractivity contribution >= 4 is 23.6 Å². The van der Waals surface area contributed by atoms with Crippen molar-refractivity contribution in [3.63, 3.8) is 0 Å². The number of rotatable bonds is 12. The molecular formula is C26H36N2O2S. The third-order valence-corrected chi connectivity index (χ3v) is 6.47. The van der Waals surface area contributed by atoms with E-state index in [0.717, 1.165) is 18.6 Å². The number of hydrogen-bond acceptors (Lipinski definition) is 3. The molecule has 0 aliphatic rings. The predicted molar refractivity (Wildman–Crippen MR) is 131 cm³/mol. The standard InChI is InChI=1S/C26H36N2O2S/c1-5-21(4)27-26(30)24(6-2)28(17-16-22-10-8-7-9-11-22)25(29)19-31-18-23-14-12-20(3)13-15-23/h7-15,21,24H,5-6,16-19H2,1-4H3,(H,27,30)/t21-,24+/m1/s1. The molecule has 31 heavy (non-hydrogen) atoms. The third kappa shape index (κ3) is 8.41. The minimum absolute atomic E-state index is 0.0270. The number of hydrogen-bond donors (Lipinski definition) is 1. The van der Waals surface area contributed by atoms with Crippen LogP contribution in [0.2, 0.25) is 0 Å². The summed E-state index contributed by atoms with van der Waals surface area (Å²) in [6.45, 7) is 8.63. The summed E-state index contributed by atoms with van der Waals surface area (Å²) in [6, 6.07) is 18.2. The number of aryl methyl sites for hydroxylation is 1. The summed E-state index contributed by atoms with van der Waals surface area (Å²) < 4.78 is 0. The first kappa shape index (κ1) is 25.0. The van der Waals surface area contributed by atoms with Crippen LogP contribution in [0.4, 0.5) is 0 Å². The van der Waals surface area contributed by atoms with Crippen LogP contribution < -0.4 is 5.32 Å². The molecule has 0 aliphatic carbocycles. The Labute approximate surface area is 191 Å². The SMILES string of the molecule is CC[C@@H](C)NC(=O)[C@H](CC)N(CCc1ccccc1)C(=O)CSCc1ccc(C)cc1. The zero-order chi connectivity index (χ0) is 22.6. The van der Waals surface area contributed by atoms with Crippen molar-refractivity contribution in [1.82, 2.24) is 10.2 Å². The molecule has 0 heterocycles. The summed E-state index contributed by atoms with van der Waals surface area (Å²) in [5.74, 6) is 1.13. The second-order valence-corrected chi connectivity index (χ2v) is 9.03. The van der Waals surface area contributed by atoms with Crippen LogP contribution in [0.25, 0.3) is 0 Å². The van der Waals surface area contributed by atoms with E-state index in [-0.39, 0.29) is 17.9 Å². The van der Waals surface area contributed by atoms with Gasteiger partial charge in [0.15, 0.2) is 0 Å². The Morgan fingerprint density at radius 1 is 0.968 bits per heavy atom. The van der Waals surface area contributed by atoms with Gasteiger partial charge in [-0.1, -0.05) is 74.0 Å². The molecule has 2 rings (SSSR count). The van der Waals surface area contributed by atoms with Gasteiger partial charge in [-0.05, 0) is 44.2 Å². The summed E-state index contributed by atoms with van der Waals surface area (Å²) in [5, 5.41) is 3.06. The molecule has 2 amide bonds. The Morgan fingerprint density at radius 3 is 2.26 bits per heavy atom. The first-order chi connectivity index (χ1) is 14.9. The lowest BCUT2D eigenvalue weighted by Gasteiger charge is -2.31. The van der Waals surface area contributed by atoms with Gasteiger partial charge < -0.3 is 10.2 Å². The van der Waals surface area contributed by atoms with Gasteiger partial charge in [-0.25, -0.2) is 0 Å². The lowest BCUT2D eigenvalue weighted by atomic mass is 10.1. The van der Waals surface area contributed by atoms with Gasteiger partial charge in [0.05, 0.1) is 5.75 Å². The van der Waals surface area contributed by atoms with Gasteiger partial charge in [0.1, 0.15) is 6.04 Å². The second kappa shape index (κ2) is 13.2. The van der Waals surface area contributed by atoms with Gasteiger partial charge in [-0.3, -0.25) is 9.59 Å². The van der Waals surface area contributed by atoms with E-state index in [0.29, 0.717) is 18.7 Å². The lowest BCUT2D eigenvalue weighted by molar-refractivity contribution is -0.139. The van der Waals surface area contributed by atoms with Gasteiger partial charge >= 0.3 is 0 Å². The molecular weight excluding hydrogens is 404 g/mol. The molecule has 2 aromatic carbocycles. The Bertz CT molecular complexity index is 808. The van der Waals surface area contributed by atoms with Crippen LogP contribution >= 0.6 is 11.8 Å². The maximum atomic E-state index is 13.2. The van der Waals surface area contributed by atoms with Gasteiger partial charge in [0, 0.05) is 18.3 Å². The van der Waals surface area contributed by atoms with Gasteiger partial charge in [-0.15, -0.1) is 11.8 Å². The van der Waals surface area contributed by atoms with Crippen molar-refractivity contribution in [2.45, 2.75) is 64.8 Å². The quantitative estimate of drug-likeness (QED) is 0.506. The third-order valence-electron chi connectivity index (χ3n) is 5.49. The number of nitrogens with one attached hydrogen (secondary N) is 1. The number of thioether (sulfide) groups is 1. The van der Waals surface area contributed by atoms with Gasteiger partial charge in [-0.2, -0.15) is 0 Å². The lowest BCUT2D eigenvalue weighted by Crippen LogP contribution is -2.52. The highest BCUT2D eigenvalue weighted by atomic mass is 32.2. The normalized spacial score (nSPS) is 12.8. The number of amides is 2.